The molecule has 140 valence electrons. The number of hydrogen-bond donors (Lipinski definition) is 0. The zero-order valence-electron chi connectivity index (χ0n) is 13.6. The number of amides is 1. The fourth-order valence-electron chi connectivity index (χ4n) is 3.01. The van der Waals surface area contributed by atoms with Crippen LogP contribution in [0.15, 0.2) is 29.3 Å². The van der Waals surface area contributed by atoms with Crippen LogP contribution >= 0.6 is 23.4 Å². The van der Waals surface area contributed by atoms with Crippen LogP contribution in [0.4, 0.5) is 5.69 Å². The first kappa shape index (κ1) is 19.2. The lowest BCUT2D eigenvalue weighted by Gasteiger charge is -2.24. The SMILES string of the molecule is O=C([O-])CCCC(=O)N=C1S[C@@H]2CS(=O)(=O)C[C@@H]2N1c1ccc(Cl)cc1. The second kappa shape index (κ2) is 7.58. The van der Waals surface area contributed by atoms with Crippen molar-refractivity contribution in [2.75, 3.05) is 16.4 Å². The van der Waals surface area contributed by atoms with Crippen LogP contribution in [0.2, 0.25) is 5.02 Å². The summed E-state index contributed by atoms with van der Waals surface area (Å²) in [6.45, 7) is 0. The van der Waals surface area contributed by atoms with Gasteiger partial charge in [0.2, 0.25) is 5.91 Å². The Bertz CT molecular complexity index is 854. The lowest BCUT2D eigenvalue weighted by atomic mass is 10.2. The third-order valence-electron chi connectivity index (χ3n) is 4.16. The van der Waals surface area contributed by atoms with E-state index in [0.717, 1.165) is 0 Å². The van der Waals surface area contributed by atoms with Crippen LogP contribution in [-0.2, 0) is 19.4 Å². The van der Waals surface area contributed by atoms with Gasteiger partial charge in [-0.2, -0.15) is 4.99 Å². The van der Waals surface area contributed by atoms with Crippen LogP contribution in [0.3, 0.4) is 0 Å². The summed E-state index contributed by atoms with van der Waals surface area (Å²) in [6, 6.07) is 6.61. The van der Waals surface area contributed by atoms with Gasteiger partial charge in [-0.05, 0) is 37.1 Å². The smallest absolute Gasteiger partial charge is 0.248 e. The van der Waals surface area contributed by atoms with Crippen LogP contribution in [0.5, 0.6) is 0 Å². The Labute approximate surface area is 160 Å². The Hall–Kier alpha value is -1.58. The minimum absolute atomic E-state index is 0.000129. The minimum Gasteiger partial charge on any atom is -0.550 e. The number of aliphatic imine (C=N–C) groups is 1. The first-order chi connectivity index (χ1) is 12.2. The summed E-state index contributed by atoms with van der Waals surface area (Å²) in [5, 5.41) is 11.2. The van der Waals surface area contributed by atoms with Crippen LogP contribution in [0, 0.1) is 0 Å². The molecule has 0 bridgehead atoms. The number of thioether (sulfide) groups is 1. The van der Waals surface area contributed by atoms with Crippen molar-refractivity contribution >= 4 is 55.9 Å². The highest BCUT2D eigenvalue weighted by atomic mass is 35.5. The van der Waals surface area contributed by atoms with E-state index < -0.39 is 21.7 Å². The molecular weight excluding hydrogens is 400 g/mol. The molecule has 0 radical (unpaired) electrons. The van der Waals surface area contributed by atoms with E-state index >= 15 is 0 Å². The molecule has 3 rings (SSSR count). The van der Waals surface area contributed by atoms with E-state index in [1.807, 2.05) is 0 Å². The van der Waals surface area contributed by atoms with Gasteiger partial charge in [0, 0.05) is 28.4 Å². The first-order valence-corrected chi connectivity index (χ1v) is 11.1. The molecule has 0 aliphatic carbocycles. The van der Waals surface area contributed by atoms with Gasteiger partial charge in [-0.25, -0.2) is 8.42 Å². The number of fused-ring (bicyclic) bond motifs is 1. The normalized spacial score (nSPS) is 25.4. The molecule has 1 amide bonds. The Morgan fingerprint density at radius 1 is 1.23 bits per heavy atom. The second-order valence-corrected chi connectivity index (χ2v) is 9.96. The molecule has 2 fully saturated rings. The van der Waals surface area contributed by atoms with Gasteiger partial charge < -0.3 is 14.8 Å². The highest BCUT2D eigenvalue weighted by Crippen LogP contribution is 2.41. The number of carboxylic acids is 1. The monoisotopic (exact) mass is 415 g/mol. The van der Waals surface area contributed by atoms with Crippen molar-refractivity contribution in [3.05, 3.63) is 29.3 Å². The van der Waals surface area contributed by atoms with Crippen molar-refractivity contribution in [2.24, 2.45) is 4.99 Å². The van der Waals surface area contributed by atoms with Gasteiger partial charge in [0.1, 0.15) is 0 Å². The molecule has 2 atom stereocenters. The zero-order valence-corrected chi connectivity index (χ0v) is 16.0. The number of carboxylic acid groups (broad SMARTS) is 1. The maximum absolute atomic E-state index is 12.1. The summed E-state index contributed by atoms with van der Waals surface area (Å²) in [7, 11) is -3.13. The molecule has 0 N–H and O–H groups in total. The third kappa shape index (κ3) is 4.39. The lowest BCUT2D eigenvalue weighted by molar-refractivity contribution is -0.305. The fraction of sp³-hybridized carbons (Fsp3) is 0.438. The topological polar surface area (TPSA) is 107 Å². The molecule has 2 heterocycles. The summed E-state index contributed by atoms with van der Waals surface area (Å²) in [6.07, 6.45) is -0.0426. The summed E-state index contributed by atoms with van der Waals surface area (Å²) >= 11 is 7.19. The standard InChI is InChI=1S/C16H17ClN2O5S2/c17-10-4-6-11(7-5-10)19-12-8-26(23,24)9-13(12)25-16(19)18-14(20)2-1-3-15(21)22/h4-7,12-13H,1-3,8-9H2,(H,21,22)/p-1/t12-,13+/m0/s1. The van der Waals surface area contributed by atoms with Gasteiger partial charge >= 0.3 is 0 Å². The van der Waals surface area contributed by atoms with Crippen molar-refractivity contribution in [2.45, 2.75) is 30.6 Å². The minimum atomic E-state index is -3.13. The van der Waals surface area contributed by atoms with E-state index in [4.69, 9.17) is 11.6 Å². The van der Waals surface area contributed by atoms with E-state index in [9.17, 15) is 23.1 Å². The number of nitrogens with zero attached hydrogens (tertiary/aromatic N) is 2. The maximum atomic E-state index is 12.1. The highest BCUT2D eigenvalue weighted by molar-refractivity contribution is 8.16. The van der Waals surface area contributed by atoms with Gasteiger partial charge in [-0.1, -0.05) is 23.4 Å². The molecule has 0 spiro atoms. The molecule has 1 aromatic rings. The Morgan fingerprint density at radius 3 is 2.58 bits per heavy atom. The number of aliphatic carboxylic acids is 1. The highest BCUT2D eigenvalue weighted by Gasteiger charge is 2.49. The van der Waals surface area contributed by atoms with Crippen molar-refractivity contribution in [1.82, 2.24) is 0 Å². The molecule has 1 aromatic carbocycles. The average molecular weight is 416 g/mol. The molecule has 0 unspecified atom stereocenters. The predicted octanol–water partition coefficient (Wildman–Crippen LogP) is 0.862. The van der Waals surface area contributed by atoms with Crippen LogP contribution in [0.1, 0.15) is 19.3 Å². The molecule has 7 nitrogen and oxygen atoms in total. The van der Waals surface area contributed by atoms with Crippen molar-refractivity contribution in [3.63, 3.8) is 0 Å². The molecule has 0 aromatic heterocycles. The second-order valence-electron chi connectivity index (χ2n) is 6.16. The Kier molecular flexibility index (Phi) is 5.59. The zero-order chi connectivity index (χ0) is 18.9. The molecule has 26 heavy (non-hydrogen) atoms. The molecule has 2 aliphatic heterocycles. The number of halogens is 1. The first-order valence-electron chi connectivity index (χ1n) is 7.98. The predicted molar refractivity (Wildman–Crippen MR) is 99.1 cm³/mol. The van der Waals surface area contributed by atoms with Crippen LogP contribution in [0.25, 0.3) is 0 Å². The molecule has 10 heteroatoms. The van der Waals surface area contributed by atoms with Gasteiger partial charge in [-0.15, -0.1) is 0 Å². The summed E-state index contributed by atoms with van der Waals surface area (Å²) in [5.74, 6) is -1.59. The van der Waals surface area contributed by atoms with E-state index in [1.165, 1.54) is 11.8 Å². The Morgan fingerprint density at radius 2 is 1.92 bits per heavy atom. The van der Waals surface area contributed by atoms with E-state index in [0.29, 0.717) is 15.9 Å². The number of anilines is 1. The number of carbonyl (C=O) groups excluding carboxylic acids is 2. The van der Waals surface area contributed by atoms with Crippen molar-refractivity contribution in [3.8, 4) is 0 Å². The van der Waals surface area contributed by atoms with E-state index in [1.54, 1.807) is 29.2 Å². The Balaban J connectivity index is 1.84. The van der Waals surface area contributed by atoms with Crippen LogP contribution in [-0.4, -0.2) is 48.3 Å². The third-order valence-corrected chi connectivity index (χ3v) is 7.62. The maximum Gasteiger partial charge on any atom is 0.248 e. The number of carbonyl (C=O) groups is 2. The molecule has 0 saturated carbocycles. The quantitative estimate of drug-likeness (QED) is 0.701. The van der Waals surface area contributed by atoms with E-state index in [-0.39, 0.29) is 42.1 Å². The van der Waals surface area contributed by atoms with Crippen molar-refractivity contribution < 1.29 is 23.1 Å². The number of amidine groups is 1. The summed E-state index contributed by atoms with van der Waals surface area (Å²) < 4.78 is 24.0. The molecule has 2 saturated heterocycles. The van der Waals surface area contributed by atoms with Gasteiger partial charge in [0.15, 0.2) is 15.0 Å². The number of sulfone groups is 1. The van der Waals surface area contributed by atoms with Gasteiger partial charge in [-0.3, -0.25) is 4.79 Å². The fourth-order valence-corrected chi connectivity index (χ4v) is 7.07. The van der Waals surface area contributed by atoms with Crippen LogP contribution < -0.4 is 10.0 Å². The lowest BCUT2D eigenvalue weighted by Crippen LogP contribution is -2.37. The van der Waals surface area contributed by atoms with Gasteiger partial charge in [0.25, 0.3) is 0 Å². The largest absolute Gasteiger partial charge is 0.550 e. The van der Waals surface area contributed by atoms with E-state index in [2.05, 4.69) is 4.99 Å². The number of rotatable bonds is 5. The average Bonchev–Trinajstić information content (AvgIpc) is 2.99. The summed E-state index contributed by atoms with van der Waals surface area (Å²) in [5.41, 5.74) is 0.716. The summed E-state index contributed by atoms with van der Waals surface area (Å²) in [4.78, 5) is 28.4. The molecule has 2 aliphatic rings. The number of benzene rings is 1. The number of hydrogen-bond acceptors (Lipinski definition) is 6. The van der Waals surface area contributed by atoms with Crippen molar-refractivity contribution in [1.29, 1.82) is 0 Å². The molecular formula is C16H16ClN2O5S2-. The van der Waals surface area contributed by atoms with Gasteiger partial charge in [0.05, 0.1) is 17.5 Å².